The Kier molecular flexibility index (Phi) is 10.3. The molecule has 2 heterocycles. The highest BCUT2D eigenvalue weighted by Gasteiger charge is 2.17. The number of hydrogen-bond donors (Lipinski definition) is 5. The minimum Gasteiger partial charge on any atom is -0.482 e. The van der Waals surface area contributed by atoms with Gasteiger partial charge in [-0.15, -0.1) is 0 Å². The molecule has 32 heavy (non-hydrogen) atoms. The zero-order chi connectivity index (χ0) is 24.1. The van der Waals surface area contributed by atoms with Gasteiger partial charge in [0.1, 0.15) is 11.6 Å². The summed E-state index contributed by atoms with van der Waals surface area (Å²) in [5.41, 5.74) is 2.17. The SMILES string of the molecule is CC(Oc1ccccc1-c1ccncc1)C1=NCCN1.O=C(O)C(=O)O.O=C(O)C(=O)O. The molecule has 1 atom stereocenters. The predicted molar refractivity (Wildman–Crippen MR) is 111 cm³/mol. The molecule has 0 spiro atoms. The fourth-order valence-electron chi connectivity index (χ4n) is 2.27. The maximum atomic E-state index is 9.10. The number of aliphatic carboxylic acids is 4. The number of carboxylic acid groups (broad SMARTS) is 4. The van der Waals surface area contributed by atoms with E-state index >= 15 is 0 Å². The molecule has 12 nitrogen and oxygen atoms in total. The first kappa shape index (κ1) is 25.6. The van der Waals surface area contributed by atoms with Crippen molar-refractivity contribution >= 4 is 29.7 Å². The van der Waals surface area contributed by atoms with E-state index in [9.17, 15) is 0 Å². The summed E-state index contributed by atoms with van der Waals surface area (Å²) in [6, 6.07) is 12.0. The molecule has 1 aromatic carbocycles. The Bertz CT molecular complexity index is 929. The van der Waals surface area contributed by atoms with Crippen molar-refractivity contribution in [3.63, 3.8) is 0 Å². The van der Waals surface area contributed by atoms with E-state index in [0.29, 0.717) is 0 Å². The molecule has 0 saturated heterocycles. The molecular weight excluding hydrogens is 426 g/mol. The number of para-hydroxylation sites is 1. The Morgan fingerprint density at radius 1 is 0.906 bits per heavy atom. The summed E-state index contributed by atoms with van der Waals surface area (Å²) in [5.74, 6) is -5.51. The van der Waals surface area contributed by atoms with Crippen LogP contribution in [0.15, 0.2) is 53.8 Å². The van der Waals surface area contributed by atoms with Gasteiger partial charge in [-0.1, -0.05) is 18.2 Å². The molecule has 5 N–H and O–H groups in total. The van der Waals surface area contributed by atoms with Crippen LogP contribution in [0.1, 0.15) is 6.92 Å². The second-order valence-corrected chi connectivity index (χ2v) is 5.91. The van der Waals surface area contributed by atoms with Gasteiger partial charge in [-0.2, -0.15) is 0 Å². The lowest BCUT2D eigenvalue weighted by atomic mass is 10.1. The number of hydrogen-bond acceptors (Lipinski definition) is 8. The number of nitrogens with zero attached hydrogens (tertiary/aromatic N) is 2. The summed E-state index contributed by atoms with van der Waals surface area (Å²) in [7, 11) is 0. The maximum Gasteiger partial charge on any atom is 0.414 e. The average molecular weight is 447 g/mol. The minimum absolute atomic E-state index is 0.0690. The van der Waals surface area contributed by atoms with Crippen molar-refractivity contribution in [1.29, 1.82) is 0 Å². The van der Waals surface area contributed by atoms with Crippen molar-refractivity contribution in [1.82, 2.24) is 10.3 Å². The van der Waals surface area contributed by atoms with E-state index in [1.165, 1.54) is 0 Å². The first-order valence-corrected chi connectivity index (χ1v) is 9.00. The lowest BCUT2D eigenvalue weighted by molar-refractivity contribution is -0.159. The van der Waals surface area contributed by atoms with Crippen LogP contribution < -0.4 is 10.1 Å². The van der Waals surface area contributed by atoms with Gasteiger partial charge in [0, 0.05) is 24.5 Å². The Labute approximate surface area is 181 Å². The van der Waals surface area contributed by atoms with E-state index in [0.717, 1.165) is 35.8 Å². The topological polar surface area (TPSA) is 196 Å². The third-order valence-electron chi connectivity index (χ3n) is 3.63. The number of carboxylic acids is 4. The number of ether oxygens (including phenoxy) is 1. The highest BCUT2D eigenvalue weighted by Crippen LogP contribution is 2.30. The number of nitrogens with one attached hydrogen (secondary N) is 1. The van der Waals surface area contributed by atoms with Gasteiger partial charge in [0.15, 0.2) is 6.10 Å². The summed E-state index contributed by atoms with van der Waals surface area (Å²) in [4.78, 5) is 44.9. The fourth-order valence-corrected chi connectivity index (χ4v) is 2.27. The lowest BCUT2D eigenvalue weighted by Crippen LogP contribution is -2.33. The molecule has 2 aromatic rings. The van der Waals surface area contributed by atoms with Crippen LogP contribution in [-0.2, 0) is 19.2 Å². The molecule has 1 aliphatic rings. The first-order chi connectivity index (χ1) is 15.1. The van der Waals surface area contributed by atoms with E-state index in [2.05, 4.69) is 21.4 Å². The van der Waals surface area contributed by atoms with Crippen LogP contribution in [0.25, 0.3) is 11.1 Å². The van der Waals surface area contributed by atoms with Crippen LogP contribution >= 0.6 is 0 Å². The number of pyridine rings is 1. The lowest BCUT2D eigenvalue weighted by Gasteiger charge is -2.17. The molecule has 0 bridgehead atoms. The Morgan fingerprint density at radius 3 is 1.91 bits per heavy atom. The van der Waals surface area contributed by atoms with Crippen LogP contribution in [0, 0.1) is 0 Å². The van der Waals surface area contributed by atoms with Gasteiger partial charge in [0.2, 0.25) is 0 Å². The normalized spacial score (nSPS) is 12.3. The van der Waals surface area contributed by atoms with Crippen molar-refractivity contribution in [2.45, 2.75) is 13.0 Å². The van der Waals surface area contributed by atoms with E-state index < -0.39 is 23.9 Å². The van der Waals surface area contributed by atoms with E-state index in [1.54, 1.807) is 12.4 Å². The number of benzene rings is 1. The van der Waals surface area contributed by atoms with Crippen molar-refractivity contribution < 1.29 is 44.3 Å². The van der Waals surface area contributed by atoms with E-state index in [4.69, 9.17) is 44.3 Å². The number of amidine groups is 1. The van der Waals surface area contributed by atoms with Crippen molar-refractivity contribution in [2.75, 3.05) is 13.1 Å². The van der Waals surface area contributed by atoms with Crippen LogP contribution in [0.3, 0.4) is 0 Å². The third kappa shape index (κ3) is 8.90. The summed E-state index contributed by atoms with van der Waals surface area (Å²) in [6.07, 6.45) is 3.51. The number of aromatic nitrogens is 1. The molecule has 0 saturated carbocycles. The third-order valence-corrected chi connectivity index (χ3v) is 3.63. The molecule has 1 unspecified atom stereocenters. The molecule has 12 heteroatoms. The highest BCUT2D eigenvalue weighted by atomic mass is 16.5. The summed E-state index contributed by atoms with van der Waals surface area (Å²) in [5, 5.41) is 32.8. The van der Waals surface area contributed by atoms with Crippen molar-refractivity contribution in [3.8, 4) is 16.9 Å². The zero-order valence-corrected chi connectivity index (χ0v) is 16.8. The quantitative estimate of drug-likeness (QED) is 0.416. The largest absolute Gasteiger partial charge is 0.482 e. The van der Waals surface area contributed by atoms with Crippen LogP contribution in [0.4, 0.5) is 0 Å². The summed E-state index contributed by atoms with van der Waals surface area (Å²) < 4.78 is 6.07. The second-order valence-electron chi connectivity index (χ2n) is 5.91. The second kappa shape index (κ2) is 13.0. The van der Waals surface area contributed by atoms with Gasteiger partial charge in [-0.25, -0.2) is 19.2 Å². The number of aliphatic imine (C=N–C) groups is 1. The minimum atomic E-state index is -1.82. The van der Waals surface area contributed by atoms with Gasteiger partial charge in [0.25, 0.3) is 0 Å². The molecule has 0 radical (unpaired) electrons. The Balaban J connectivity index is 0.000000355. The highest BCUT2D eigenvalue weighted by molar-refractivity contribution is 6.27. The molecule has 1 aromatic heterocycles. The van der Waals surface area contributed by atoms with Gasteiger partial charge in [0.05, 0.1) is 6.54 Å². The fraction of sp³-hybridized carbons (Fsp3) is 0.200. The molecule has 0 fully saturated rings. The van der Waals surface area contributed by atoms with Crippen LogP contribution in [0.5, 0.6) is 5.75 Å². The molecule has 170 valence electrons. The summed E-state index contributed by atoms with van der Waals surface area (Å²) >= 11 is 0. The number of carbonyl (C=O) groups is 4. The molecule has 0 aliphatic carbocycles. The standard InChI is InChI=1S/C16H17N3O.2C2H2O4/c1-12(16-18-10-11-19-16)20-15-5-3-2-4-14(15)13-6-8-17-9-7-13;2*3-1(4)2(5)6/h2-9,12H,10-11H2,1H3,(H,18,19);2*(H,3,4)(H,5,6). The Hall–Kier alpha value is -4.48. The molecule has 3 rings (SSSR count). The van der Waals surface area contributed by atoms with Gasteiger partial charge >= 0.3 is 23.9 Å². The van der Waals surface area contributed by atoms with E-state index in [-0.39, 0.29) is 6.10 Å². The van der Waals surface area contributed by atoms with Gasteiger partial charge in [-0.05, 0) is 30.7 Å². The monoisotopic (exact) mass is 447 g/mol. The molecular formula is C20H21N3O9. The molecule has 1 aliphatic heterocycles. The maximum absolute atomic E-state index is 9.10. The van der Waals surface area contributed by atoms with E-state index in [1.807, 2.05) is 37.3 Å². The smallest absolute Gasteiger partial charge is 0.414 e. The zero-order valence-electron chi connectivity index (χ0n) is 16.8. The summed E-state index contributed by atoms with van der Waals surface area (Å²) in [6.45, 7) is 3.74. The van der Waals surface area contributed by atoms with Crippen LogP contribution in [0.2, 0.25) is 0 Å². The first-order valence-electron chi connectivity index (χ1n) is 9.00. The van der Waals surface area contributed by atoms with Gasteiger partial charge in [-0.3, -0.25) is 9.98 Å². The Morgan fingerprint density at radius 2 is 1.44 bits per heavy atom. The van der Waals surface area contributed by atoms with Gasteiger partial charge < -0.3 is 30.5 Å². The predicted octanol–water partition coefficient (Wildman–Crippen LogP) is 0.829. The van der Waals surface area contributed by atoms with Crippen molar-refractivity contribution in [3.05, 3.63) is 48.8 Å². The number of rotatable bonds is 4. The van der Waals surface area contributed by atoms with Crippen LogP contribution in [-0.4, -0.2) is 74.3 Å². The molecule has 0 amide bonds. The van der Waals surface area contributed by atoms with Crippen molar-refractivity contribution in [2.24, 2.45) is 4.99 Å². The average Bonchev–Trinajstić information content (AvgIpc) is 3.31.